The standard InChI is InChI=1S/C22H27N2/c1-15(2)14-17-11-12-20-21-19(17)10-7-13-24(21)22(23(20)4)18-9-6-5-8-16(18)3/h5-6,8-9,11-12,15H,7,10,13-14H2,1-4H3/q+1. The third kappa shape index (κ3) is 2.28. The second kappa shape index (κ2) is 5.77. The number of hydrogen-bond donors (Lipinski definition) is 0. The molecule has 0 saturated carbocycles. The number of rotatable bonds is 3. The van der Waals surface area contributed by atoms with Crippen LogP contribution >= 0.6 is 0 Å². The number of benzene rings is 2. The molecule has 2 nitrogen and oxygen atoms in total. The van der Waals surface area contributed by atoms with Gasteiger partial charge in [0.1, 0.15) is 0 Å². The molecule has 2 aromatic carbocycles. The van der Waals surface area contributed by atoms with Crippen molar-refractivity contribution in [3.63, 3.8) is 0 Å². The first-order valence-corrected chi connectivity index (χ1v) is 9.17. The molecule has 0 radical (unpaired) electrons. The van der Waals surface area contributed by atoms with Crippen LogP contribution in [0.2, 0.25) is 0 Å². The zero-order chi connectivity index (χ0) is 16.8. The fourth-order valence-electron chi connectivity index (χ4n) is 4.33. The Morgan fingerprint density at radius 2 is 1.92 bits per heavy atom. The molecule has 1 aliphatic rings. The minimum absolute atomic E-state index is 0.702. The van der Waals surface area contributed by atoms with Gasteiger partial charge in [-0.1, -0.05) is 38.1 Å². The van der Waals surface area contributed by atoms with E-state index in [1.165, 1.54) is 47.2 Å². The van der Waals surface area contributed by atoms with Gasteiger partial charge in [0, 0.05) is 5.56 Å². The Kier molecular flexibility index (Phi) is 3.71. The maximum atomic E-state index is 2.57. The van der Waals surface area contributed by atoms with E-state index in [1.54, 1.807) is 11.1 Å². The highest BCUT2D eigenvalue weighted by atomic mass is 15.2. The van der Waals surface area contributed by atoms with Gasteiger partial charge >= 0.3 is 0 Å². The van der Waals surface area contributed by atoms with Gasteiger partial charge in [-0.05, 0) is 55.4 Å². The molecule has 0 unspecified atom stereocenters. The second-order valence-electron chi connectivity index (χ2n) is 7.62. The second-order valence-corrected chi connectivity index (χ2v) is 7.62. The van der Waals surface area contributed by atoms with Gasteiger partial charge in [0.05, 0.1) is 19.2 Å². The monoisotopic (exact) mass is 319 g/mol. The molecule has 3 aromatic rings. The fourth-order valence-corrected chi connectivity index (χ4v) is 4.33. The quantitative estimate of drug-likeness (QED) is 0.625. The largest absolute Gasteiger partial charge is 0.289 e. The molecule has 0 aliphatic carbocycles. The molecular formula is C22H27N2+. The Hall–Kier alpha value is -2.09. The van der Waals surface area contributed by atoms with Crippen molar-refractivity contribution < 1.29 is 4.57 Å². The lowest BCUT2D eigenvalue weighted by molar-refractivity contribution is -0.664. The number of aromatic nitrogens is 2. The average Bonchev–Trinajstić information content (AvgIpc) is 2.84. The molecule has 0 spiro atoms. The Labute approximate surface area is 144 Å². The molecule has 4 rings (SSSR count). The van der Waals surface area contributed by atoms with Crippen molar-refractivity contribution in [2.45, 2.75) is 46.6 Å². The molecule has 0 fully saturated rings. The van der Waals surface area contributed by atoms with E-state index in [2.05, 4.69) is 73.4 Å². The van der Waals surface area contributed by atoms with Gasteiger partial charge < -0.3 is 0 Å². The van der Waals surface area contributed by atoms with Crippen LogP contribution in [0.1, 0.15) is 37.0 Å². The first-order valence-electron chi connectivity index (χ1n) is 9.17. The van der Waals surface area contributed by atoms with Crippen LogP contribution in [-0.4, -0.2) is 4.57 Å². The van der Waals surface area contributed by atoms with Crippen LogP contribution in [0.3, 0.4) is 0 Å². The lowest BCUT2D eigenvalue weighted by Gasteiger charge is -2.16. The molecule has 24 heavy (non-hydrogen) atoms. The lowest BCUT2D eigenvalue weighted by atomic mass is 9.92. The molecule has 2 heterocycles. The van der Waals surface area contributed by atoms with E-state index < -0.39 is 0 Å². The molecule has 1 aromatic heterocycles. The molecule has 0 bridgehead atoms. The van der Waals surface area contributed by atoms with Crippen LogP contribution in [0.5, 0.6) is 0 Å². The highest BCUT2D eigenvalue weighted by Gasteiger charge is 2.30. The predicted octanol–water partition coefficient (Wildman–Crippen LogP) is 4.59. The van der Waals surface area contributed by atoms with Gasteiger partial charge in [0.15, 0.2) is 11.0 Å². The highest BCUT2D eigenvalue weighted by molar-refractivity contribution is 5.81. The normalized spacial score (nSPS) is 13.9. The smallest absolute Gasteiger partial charge is 0.226 e. The molecular weight excluding hydrogens is 292 g/mol. The molecule has 2 heteroatoms. The minimum atomic E-state index is 0.702. The lowest BCUT2D eigenvalue weighted by Crippen LogP contribution is -2.39. The Balaban J connectivity index is 2.03. The van der Waals surface area contributed by atoms with Crippen LogP contribution < -0.4 is 4.57 Å². The van der Waals surface area contributed by atoms with Crippen molar-refractivity contribution in [1.82, 2.24) is 4.57 Å². The first-order chi connectivity index (χ1) is 11.6. The van der Waals surface area contributed by atoms with Crippen LogP contribution in [-0.2, 0) is 26.4 Å². The van der Waals surface area contributed by atoms with Crippen LogP contribution in [0, 0.1) is 12.8 Å². The predicted molar refractivity (Wildman–Crippen MR) is 100 cm³/mol. The van der Waals surface area contributed by atoms with Gasteiger partial charge in [-0.3, -0.25) is 0 Å². The third-order valence-corrected chi connectivity index (χ3v) is 5.39. The van der Waals surface area contributed by atoms with Crippen molar-refractivity contribution in [2.75, 3.05) is 0 Å². The molecule has 0 amide bonds. The topological polar surface area (TPSA) is 8.81 Å². The Morgan fingerprint density at radius 1 is 1.12 bits per heavy atom. The zero-order valence-corrected chi connectivity index (χ0v) is 15.3. The molecule has 0 saturated heterocycles. The summed E-state index contributed by atoms with van der Waals surface area (Å²) in [4.78, 5) is 0. The van der Waals surface area contributed by atoms with E-state index in [1.807, 2.05) is 0 Å². The summed E-state index contributed by atoms with van der Waals surface area (Å²) < 4.78 is 4.96. The first kappa shape index (κ1) is 15.4. The van der Waals surface area contributed by atoms with Gasteiger partial charge in [-0.25, -0.2) is 9.13 Å². The summed E-state index contributed by atoms with van der Waals surface area (Å²) in [6.45, 7) is 7.97. The van der Waals surface area contributed by atoms with E-state index in [0.717, 1.165) is 6.54 Å². The van der Waals surface area contributed by atoms with Crippen molar-refractivity contribution in [1.29, 1.82) is 0 Å². The van der Waals surface area contributed by atoms with Gasteiger partial charge in [-0.2, -0.15) is 0 Å². The summed E-state index contributed by atoms with van der Waals surface area (Å²) in [6.07, 6.45) is 3.64. The van der Waals surface area contributed by atoms with E-state index in [0.29, 0.717) is 5.92 Å². The SMILES string of the molecule is Cc1ccccc1-c1n(C)c2ccc(CC(C)C)c3c2[n+]1CCC3. The molecule has 1 aliphatic heterocycles. The van der Waals surface area contributed by atoms with Crippen molar-refractivity contribution >= 4 is 11.0 Å². The van der Waals surface area contributed by atoms with Crippen molar-refractivity contribution in [3.05, 3.63) is 53.1 Å². The van der Waals surface area contributed by atoms with Crippen LogP contribution in [0.25, 0.3) is 22.4 Å². The Morgan fingerprint density at radius 3 is 2.67 bits per heavy atom. The van der Waals surface area contributed by atoms with E-state index in [4.69, 9.17) is 0 Å². The summed E-state index contributed by atoms with van der Waals surface area (Å²) in [5.74, 6) is 2.05. The van der Waals surface area contributed by atoms with Crippen LogP contribution in [0.15, 0.2) is 36.4 Å². The average molecular weight is 319 g/mol. The van der Waals surface area contributed by atoms with Crippen molar-refractivity contribution in [2.24, 2.45) is 13.0 Å². The number of imidazole rings is 1. The number of hydrogen-bond acceptors (Lipinski definition) is 0. The zero-order valence-electron chi connectivity index (χ0n) is 15.3. The summed E-state index contributed by atoms with van der Waals surface area (Å²) in [5, 5.41) is 0. The van der Waals surface area contributed by atoms with Gasteiger partial charge in [-0.15, -0.1) is 0 Å². The molecule has 0 atom stereocenters. The Bertz CT molecular complexity index is 915. The van der Waals surface area contributed by atoms with Crippen molar-refractivity contribution in [3.8, 4) is 11.4 Å². The molecule has 0 N–H and O–H groups in total. The summed E-state index contributed by atoms with van der Waals surface area (Å²) in [5.41, 5.74) is 8.68. The van der Waals surface area contributed by atoms with E-state index in [9.17, 15) is 0 Å². The summed E-state index contributed by atoms with van der Waals surface area (Å²) >= 11 is 0. The third-order valence-electron chi connectivity index (χ3n) is 5.39. The fraction of sp³-hybridized carbons (Fsp3) is 0.409. The number of nitrogens with zero attached hydrogens (tertiary/aromatic N) is 2. The summed E-state index contributed by atoms with van der Waals surface area (Å²) in [6, 6.07) is 13.5. The van der Waals surface area contributed by atoms with E-state index in [-0.39, 0.29) is 0 Å². The van der Waals surface area contributed by atoms with Gasteiger partial charge in [0.25, 0.3) is 5.82 Å². The highest BCUT2D eigenvalue weighted by Crippen LogP contribution is 2.31. The maximum absolute atomic E-state index is 2.57. The maximum Gasteiger partial charge on any atom is 0.289 e. The number of aryl methyl sites for hydroxylation is 4. The minimum Gasteiger partial charge on any atom is -0.226 e. The molecule has 124 valence electrons. The van der Waals surface area contributed by atoms with Crippen LogP contribution in [0.4, 0.5) is 0 Å². The van der Waals surface area contributed by atoms with Gasteiger partial charge in [0.2, 0.25) is 0 Å². The summed E-state index contributed by atoms with van der Waals surface area (Å²) in [7, 11) is 2.22. The van der Waals surface area contributed by atoms with E-state index >= 15 is 0 Å².